The fourth-order valence-corrected chi connectivity index (χ4v) is 2.51. The molecule has 2 aromatic carbocycles. The fraction of sp³-hybridized carbons (Fsp3) is 0.105. The van der Waals surface area contributed by atoms with Crippen LogP contribution in [0.3, 0.4) is 0 Å². The second-order valence-electron chi connectivity index (χ2n) is 5.56. The quantitative estimate of drug-likeness (QED) is 0.487. The van der Waals surface area contributed by atoms with Crippen molar-refractivity contribution in [3.05, 3.63) is 65.0 Å². The molecule has 0 radical (unpaired) electrons. The van der Waals surface area contributed by atoms with E-state index in [2.05, 4.69) is 10.2 Å². The van der Waals surface area contributed by atoms with Crippen molar-refractivity contribution in [2.75, 3.05) is 6.79 Å². The zero-order chi connectivity index (χ0) is 18.6. The van der Waals surface area contributed by atoms with Gasteiger partial charge < -0.3 is 18.6 Å². The molecule has 0 spiro atoms. The third-order valence-corrected chi connectivity index (χ3v) is 3.96. The number of aromatic nitrogens is 2. The number of halogens is 1. The molecule has 0 amide bonds. The van der Waals surface area contributed by atoms with Gasteiger partial charge >= 0.3 is 5.97 Å². The highest BCUT2D eigenvalue weighted by molar-refractivity contribution is 6.30. The van der Waals surface area contributed by atoms with Crippen molar-refractivity contribution in [2.45, 2.75) is 6.61 Å². The van der Waals surface area contributed by atoms with Gasteiger partial charge in [-0.3, -0.25) is 0 Å². The van der Waals surface area contributed by atoms with Crippen LogP contribution in [0.2, 0.25) is 5.02 Å². The lowest BCUT2D eigenvalue weighted by molar-refractivity contribution is -0.139. The van der Waals surface area contributed by atoms with E-state index >= 15 is 0 Å². The number of ether oxygens (including phenoxy) is 3. The van der Waals surface area contributed by atoms with Gasteiger partial charge in [-0.2, -0.15) is 0 Å². The Hall–Kier alpha value is -3.32. The van der Waals surface area contributed by atoms with E-state index in [-0.39, 0.29) is 19.3 Å². The van der Waals surface area contributed by atoms with Crippen LogP contribution in [0.25, 0.3) is 17.5 Å². The summed E-state index contributed by atoms with van der Waals surface area (Å²) in [5.41, 5.74) is 1.52. The van der Waals surface area contributed by atoms with E-state index in [0.717, 1.165) is 11.1 Å². The van der Waals surface area contributed by atoms with Gasteiger partial charge in [-0.25, -0.2) is 4.79 Å². The molecule has 0 aliphatic carbocycles. The molecule has 3 aromatic rings. The molecule has 1 aromatic heterocycles. The molecular weight excluding hydrogens is 372 g/mol. The van der Waals surface area contributed by atoms with Gasteiger partial charge in [0.05, 0.1) is 0 Å². The van der Waals surface area contributed by atoms with Gasteiger partial charge in [0.2, 0.25) is 12.7 Å². The molecule has 8 heteroatoms. The van der Waals surface area contributed by atoms with Crippen molar-refractivity contribution in [1.29, 1.82) is 0 Å². The van der Waals surface area contributed by atoms with Crippen molar-refractivity contribution in [2.24, 2.45) is 0 Å². The van der Waals surface area contributed by atoms with Gasteiger partial charge in [0.25, 0.3) is 5.89 Å². The number of carbonyl (C=O) groups is 1. The van der Waals surface area contributed by atoms with Crippen LogP contribution in [-0.2, 0) is 16.1 Å². The minimum Gasteiger partial charge on any atom is -0.454 e. The predicted molar refractivity (Wildman–Crippen MR) is 96.1 cm³/mol. The Morgan fingerprint density at radius 1 is 1.11 bits per heavy atom. The lowest BCUT2D eigenvalue weighted by Crippen LogP contribution is -2.00. The summed E-state index contributed by atoms with van der Waals surface area (Å²) in [5.74, 6) is 1.33. The van der Waals surface area contributed by atoms with Crippen molar-refractivity contribution < 1.29 is 23.4 Å². The molecule has 0 saturated heterocycles. The van der Waals surface area contributed by atoms with Crippen molar-refractivity contribution in [1.82, 2.24) is 10.2 Å². The molecule has 136 valence electrons. The smallest absolute Gasteiger partial charge is 0.331 e. The highest BCUT2D eigenvalue weighted by Gasteiger charge is 2.13. The fourth-order valence-electron chi connectivity index (χ4n) is 2.38. The van der Waals surface area contributed by atoms with Crippen LogP contribution in [0.5, 0.6) is 11.5 Å². The van der Waals surface area contributed by atoms with E-state index in [9.17, 15) is 4.79 Å². The van der Waals surface area contributed by atoms with Crippen LogP contribution >= 0.6 is 11.6 Å². The Labute approximate surface area is 159 Å². The highest BCUT2D eigenvalue weighted by Crippen LogP contribution is 2.32. The van der Waals surface area contributed by atoms with Crippen LogP contribution in [0.15, 0.2) is 53.0 Å². The van der Waals surface area contributed by atoms with Gasteiger partial charge in [0.1, 0.15) is 0 Å². The van der Waals surface area contributed by atoms with Crippen molar-refractivity contribution in [3.63, 3.8) is 0 Å². The predicted octanol–water partition coefficient (Wildman–Crippen LogP) is 3.88. The Bertz CT molecular complexity index is 998. The van der Waals surface area contributed by atoms with E-state index in [1.807, 2.05) is 6.07 Å². The average Bonchev–Trinajstić information content (AvgIpc) is 3.34. The average molecular weight is 385 g/mol. The van der Waals surface area contributed by atoms with Gasteiger partial charge in [-0.05, 0) is 48.0 Å². The van der Waals surface area contributed by atoms with Crippen LogP contribution < -0.4 is 9.47 Å². The molecule has 2 heterocycles. The monoisotopic (exact) mass is 384 g/mol. The highest BCUT2D eigenvalue weighted by atomic mass is 35.5. The van der Waals surface area contributed by atoms with Gasteiger partial charge in [0.15, 0.2) is 18.1 Å². The Morgan fingerprint density at radius 2 is 1.93 bits per heavy atom. The Morgan fingerprint density at radius 3 is 2.78 bits per heavy atom. The molecule has 0 N–H and O–H groups in total. The summed E-state index contributed by atoms with van der Waals surface area (Å²) < 4.78 is 21.1. The van der Waals surface area contributed by atoms with Crippen molar-refractivity contribution in [3.8, 4) is 23.0 Å². The molecule has 7 nitrogen and oxygen atoms in total. The summed E-state index contributed by atoms with van der Waals surface area (Å²) in [6.07, 6.45) is 2.94. The maximum Gasteiger partial charge on any atom is 0.331 e. The molecule has 0 bridgehead atoms. The van der Waals surface area contributed by atoms with E-state index in [0.29, 0.717) is 22.4 Å². The number of hydrogen-bond acceptors (Lipinski definition) is 7. The van der Waals surface area contributed by atoms with Gasteiger partial charge in [0, 0.05) is 16.7 Å². The number of nitrogens with zero attached hydrogens (tertiary/aromatic N) is 2. The number of carbonyl (C=O) groups excluding carboxylic acids is 1. The molecule has 4 rings (SSSR count). The van der Waals surface area contributed by atoms with E-state index in [4.69, 9.17) is 30.2 Å². The number of fused-ring (bicyclic) bond motifs is 1. The van der Waals surface area contributed by atoms with Gasteiger partial charge in [-0.15, -0.1) is 10.2 Å². The zero-order valence-electron chi connectivity index (χ0n) is 13.9. The second-order valence-corrected chi connectivity index (χ2v) is 6.00. The standard InChI is InChI=1S/C19H13ClN2O5/c20-14-5-3-13(4-6-14)19-22-21-17(27-19)10-24-18(23)8-2-12-1-7-15-16(9-12)26-11-25-15/h1-9H,10-11H2/b8-2+. The van der Waals surface area contributed by atoms with Crippen LogP contribution in [0.4, 0.5) is 0 Å². The maximum absolute atomic E-state index is 11.9. The van der Waals surface area contributed by atoms with Crippen LogP contribution in [0.1, 0.15) is 11.5 Å². The topological polar surface area (TPSA) is 83.7 Å². The normalized spacial score (nSPS) is 12.5. The molecule has 1 aliphatic rings. The molecule has 0 atom stereocenters. The number of hydrogen-bond donors (Lipinski definition) is 0. The lowest BCUT2D eigenvalue weighted by Gasteiger charge is -1.99. The third kappa shape index (κ3) is 4.09. The molecule has 27 heavy (non-hydrogen) atoms. The maximum atomic E-state index is 11.9. The van der Waals surface area contributed by atoms with E-state index < -0.39 is 5.97 Å². The number of esters is 1. The molecule has 0 unspecified atom stereocenters. The first-order valence-corrected chi connectivity index (χ1v) is 8.38. The first-order valence-electron chi connectivity index (χ1n) is 8.00. The molecule has 0 fully saturated rings. The van der Waals surface area contributed by atoms with Gasteiger partial charge in [-0.1, -0.05) is 17.7 Å². The summed E-state index contributed by atoms with van der Waals surface area (Å²) in [7, 11) is 0. The largest absolute Gasteiger partial charge is 0.454 e. The number of rotatable bonds is 5. The Balaban J connectivity index is 1.33. The van der Waals surface area contributed by atoms with E-state index in [1.54, 1.807) is 42.5 Å². The summed E-state index contributed by atoms with van der Waals surface area (Å²) in [4.78, 5) is 11.9. The SMILES string of the molecule is O=C(/C=C/c1ccc2c(c1)OCO2)OCc1nnc(-c2ccc(Cl)cc2)o1. The lowest BCUT2D eigenvalue weighted by atomic mass is 10.2. The molecule has 1 aliphatic heterocycles. The minimum absolute atomic E-state index is 0.120. The zero-order valence-corrected chi connectivity index (χ0v) is 14.7. The molecule has 0 saturated carbocycles. The number of benzene rings is 2. The first kappa shape index (κ1) is 17.1. The first-order chi connectivity index (χ1) is 13.2. The third-order valence-electron chi connectivity index (χ3n) is 3.70. The van der Waals surface area contributed by atoms with Crippen LogP contribution in [-0.4, -0.2) is 23.0 Å². The molecular formula is C19H13ClN2O5. The Kier molecular flexibility index (Phi) is 4.76. The summed E-state index contributed by atoms with van der Waals surface area (Å²) in [6.45, 7) is 0.0810. The summed E-state index contributed by atoms with van der Waals surface area (Å²) in [5, 5.41) is 8.40. The van der Waals surface area contributed by atoms with Crippen molar-refractivity contribution >= 4 is 23.6 Å². The summed E-state index contributed by atoms with van der Waals surface area (Å²) in [6, 6.07) is 12.4. The second kappa shape index (κ2) is 7.51. The van der Waals surface area contributed by atoms with Crippen LogP contribution in [0, 0.1) is 0 Å². The van der Waals surface area contributed by atoms with E-state index in [1.165, 1.54) is 6.08 Å². The summed E-state index contributed by atoms with van der Waals surface area (Å²) >= 11 is 5.85. The minimum atomic E-state index is -0.529.